The van der Waals surface area contributed by atoms with Gasteiger partial charge in [-0.05, 0) is 31.9 Å². The highest BCUT2D eigenvalue weighted by Crippen LogP contribution is 2.16. The maximum atomic E-state index is 12.6. The monoisotopic (exact) mass is 414 g/mol. The van der Waals surface area contributed by atoms with Crippen molar-refractivity contribution in [2.45, 2.75) is 83.1 Å². The van der Waals surface area contributed by atoms with Gasteiger partial charge in [0.2, 0.25) is 0 Å². The molecule has 0 aliphatic heterocycles. The van der Waals surface area contributed by atoms with E-state index in [4.69, 9.17) is 13.7 Å². The summed E-state index contributed by atoms with van der Waals surface area (Å²) in [5.41, 5.74) is 1.00. The fourth-order valence-corrected chi connectivity index (χ4v) is 3.78. The first-order chi connectivity index (χ1) is 13.5. The second kappa shape index (κ2) is 15.0. The van der Waals surface area contributed by atoms with Crippen LogP contribution >= 0.6 is 0 Å². The zero-order chi connectivity index (χ0) is 20.7. The molecule has 0 N–H and O–H groups in total. The highest BCUT2D eigenvalue weighted by atomic mass is 32.2. The third kappa shape index (κ3) is 11.1. The summed E-state index contributed by atoms with van der Waals surface area (Å²) < 4.78 is 41.9. The average molecular weight is 415 g/mol. The van der Waals surface area contributed by atoms with Gasteiger partial charge < -0.3 is 9.47 Å². The minimum atomic E-state index is -3.84. The molecule has 0 aromatic heterocycles. The maximum Gasteiger partial charge on any atom is 0.297 e. The van der Waals surface area contributed by atoms with Crippen LogP contribution in [0.5, 0.6) is 0 Å². The van der Waals surface area contributed by atoms with E-state index in [1.807, 2.05) is 6.92 Å². The van der Waals surface area contributed by atoms with E-state index in [1.165, 1.54) is 25.7 Å². The predicted molar refractivity (Wildman–Crippen MR) is 113 cm³/mol. The van der Waals surface area contributed by atoms with Crippen molar-refractivity contribution in [1.82, 2.24) is 0 Å². The highest BCUT2D eigenvalue weighted by Gasteiger charge is 2.22. The lowest BCUT2D eigenvalue weighted by Crippen LogP contribution is -2.29. The van der Waals surface area contributed by atoms with E-state index in [0.29, 0.717) is 13.2 Å². The maximum absolute atomic E-state index is 12.6. The van der Waals surface area contributed by atoms with Gasteiger partial charge in [0.15, 0.2) is 0 Å². The van der Waals surface area contributed by atoms with E-state index < -0.39 is 16.2 Å². The van der Waals surface area contributed by atoms with Gasteiger partial charge in [0.1, 0.15) is 6.10 Å². The van der Waals surface area contributed by atoms with Gasteiger partial charge in [-0.3, -0.25) is 4.18 Å². The Balaban J connectivity index is 2.53. The Kier molecular flexibility index (Phi) is 13.4. The molecule has 0 bridgehead atoms. The fraction of sp³-hybridized carbons (Fsp3) is 0.727. The standard InChI is InChI=1S/C22H38O5S/c1-4-6-8-10-16-25-18-21(19-26-17-11-9-7-5-2)27-28(23,24)22-14-12-20(3)13-15-22/h12-15,21H,4-11,16-19H2,1-3H3. The summed E-state index contributed by atoms with van der Waals surface area (Å²) in [5, 5.41) is 0. The van der Waals surface area contributed by atoms with Crippen LogP contribution in [0.3, 0.4) is 0 Å². The van der Waals surface area contributed by atoms with Gasteiger partial charge in [0.25, 0.3) is 10.1 Å². The van der Waals surface area contributed by atoms with Gasteiger partial charge in [0.05, 0.1) is 18.1 Å². The number of benzene rings is 1. The van der Waals surface area contributed by atoms with Gasteiger partial charge in [0, 0.05) is 13.2 Å². The Labute approximate surface area is 171 Å². The van der Waals surface area contributed by atoms with Crippen molar-refractivity contribution in [3.05, 3.63) is 29.8 Å². The molecule has 0 saturated heterocycles. The Hall–Kier alpha value is -0.950. The summed E-state index contributed by atoms with van der Waals surface area (Å²) >= 11 is 0. The lowest BCUT2D eigenvalue weighted by molar-refractivity contribution is -0.00505. The number of aryl methyl sites for hydroxylation is 1. The summed E-state index contributed by atoms with van der Waals surface area (Å²) in [4.78, 5) is 0.161. The van der Waals surface area contributed by atoms with Crippen molar-refractivity contribution >= 4 is 10.1 Å². The molecule has 1 rings (SSSR count). The zero-order valence-electron chi connectivity index (χ0n) is 17.8. The molecule has 0 unspecified atom stereocenters. The quantitative estimate of drug-likeness (QED) is 0.257. The normalized spacial score (nSPS) is 12.0. The van der Waals surface area contributed by atoms with Crippen LogP contribution in [0, 0.1) is 6.92 Å². The second-order valence-electron chi connectivity index (χ2n) is 7.26. The lowest BCUT2D eigenvalue weighted by atomic mass is 10.2. The van der Waals surface area contributed by atoms with Crippen LogP contribution in [0.15, 0.2) is 29.2 Å². The molecule has 1 aromatic rings. The van der Waals surface area contributed by atoms with Gasteiger partial charge in [-0.2, -0.15) is 8.42 Å². The van der Waals surface area contributed by atoms with Gasteiger partial charge >= 0.3 is 0 Å². The summed E-state index contributed by atoms with van der Waals surface area (Å²) in [6.07, 6.45) is 8.28. The topological polar surface area (TPSA) is 61.8 Å². The Morgan fingerprint density at radius 1 is 0.786 bits per heavy atom. The molecule has 0 amide bonds. The number of hydrogen-bond acceptors (Lipinski definition) is 5. The van der Waals surface area contributed by atoms with E-state index in [1.54, 1.807) is 24.3 Å². The first-order valence-electron chi connectivity index (χ1n) is 10.6. The minimum Gasteiger partial charge on any atom is -0.379 e. The molecule has 0 aliphatic rings. The lowest BCUT2D eigenvalue weighted by Gasteiger charge is -2.18. The first-order valence-corrected chi connectivity index (χ1v) is 12.1. The Morgan fingerprint density at radius 3 is 1.75 bits per heavy atom. The highest BCUT2D eigenvalue weighted by molar-refractivity contribution is 7.86. The molecule has 0 heterocycles. The van der Waals surface area contributed by atoms with Crippen molar-refractivity contribution in [1.29, 1.82) is 0 Å². The van der Waals surface area contributed by atoms with Crippen LogP contribution in [0.1, 0.15) is 70.8 Å². The molecule has 0 radical (unpaired) electrons. The van der Waals surface area contributed by atoms with E-state index in [0.717, 1.165) is 31.2 Å². The summed E-state index contributed by atoms with van der Waals surface area (Å²) in [7, 11) is -3.84. The first kappa shape index (κ1) is 25.1. The SMILES string of the molecule is CCCCCCOCC(COCCCCCC)OS(=O)(=O)c1ccc(C)cc1. The molecule has 28 heavy (non-hydrogen) atoms. The van der Waals surface area contributed by atoms with Crippen LogP contribution in [0.25, 0.3) is 0 Å². The fourth-order valence-electron chi connectivity index (χ4n) is 2.73. The van der Waals surface area contributed by atoms with Crippen LogP contribution < -0.4 is 0 Å². The predicted octanol–water partition coefficient (Wildman–Crippen LogP) is 5.26. The van der Waals surface area contributed by atoms with Crippen molar-refractivity contribution < 1.29 is 22.1 Å². The number of ether oxygens (including phenoxy) is 2. The number of unbranched alkanes of at least 4 members (excludes halogenated alkanes) is 6. The smallest absolute Gasteiger partial charge is 0.297 e. The molecule has 0 aliphatic carbocycles. The molecule has 0 fully saturated rings. The Morgan fingerprint density at radius 2 is 1.29 bits per heavy atom. The van der Waals surface area contributed by atoms with Crippen molar-refractivity contribution in [3.63, 3.8) is 0 Å². The molecule has 6 heteroatoms. The largest absolute Gasteiger partial charge is 0.379 e. The summed E-state index contributed by atoms with van der Waals surface area (Å²) in [6, 6.07) is 6.66. The van der Waals surface area contributed by atoms with Crippen molar-refractivity contribution in [2.24, 2.45) is 0 Å². The third-order valence-electron chi connectivity index (χ3n) is 4.46. The second-order valence-corrected chi connectivity index (χ2v) is 8.83. The Bertz CT molecular complexity index is 582. The van der Waals surface area contributed by atoms with E-state index in [-0.39, 0.29) is 18.1 Å². The van der Waals surface area contributed by atoms with Crippen molar-refractivity contribution in [3.8, 4) is 0 Å². The van der Waals surface area contributed by atoms with Gasteiger partial charge in [-0.15, -0.1) is 0 Å². The number of rotatable bonds is 17. The van der Waals surface area contributed by atoms with Gasteiger partial charge in [-0.1, -0.05) is 70.1 Å². The molecular formula is C22H38O5S. The molecule has 162 valence electrons. The van der Waals surface area contributed by atoms with Crippen molar-refractivity contribution in [2.75, 3.05) is 26.4 Å². The number of hydrogen-bond donors (Lipinski definition) is 0. The molecule has 0 atom stereocenters. The summed E-state index contributed by atoms with van der Waals surface area (Å²) in [6.45, 7) is 7.90. The van der Waals surface area contributed by atoms with Crippen LogP contribution in [-0.4, -0.2) is 40.9 Å². The van der Waals surface area contributed by atoms with E-state index in [2.05, 4.69) is 13.8 Å². The third-order valence-corrected chi connectivity index (χ3v) is 5.84. The van der Waals surface area contributed by atoms with Crippen LogP contribution in [-0.2, 0) is 23.8 Å². The van der Waals surface area contributed by atoms with Crippen LogP contribution in [0.4, 0.5) is 0 Å². The molecular weight excluding hydrogens is 376 g/mol. The average Bonchev–Trinajstić information content (AvgIpc) is 2.67. The zero-order valence-corrected chi connectivity index (χ0v) is 18.6. The van der Waals surface area contributed by atoms with Crippen LogP contribution in [0.2, 0.25) is 0 Å². The molecule has 0 spiro atoms. The van der Waals surface area contributed by atoms with E-state index >= 15 is 0 Å². The molecule has 5 nitrogen and oxygen atoms in total. The minimum absolute atomic E-state index is 0.161. The molecule has 0 saturated carbocycles. The van der Waals surface area contributed by atoms with E-state index in [9.17, 15) is 8.42 Å². The molecule has 1 aromatic carbocycles. The van der Waals surface area contributed by atoms with Gasteiger partial charge in [-0.25, -0.2) is 0 Å². The summed E-state index contributed by atoms with van der Waals surface area (Å²) in [5.74, 6) is 0.